The number of carbonyl (C=O) groups excluding carboxylic acids is 3. The van der Waals surface area contributed by atoms with E-state index in [2.05, 4.69) is 10.1 Å². The van der Waals surface area contributed by atoms with Crippen LogP contribution in [0.5, 0.6) is 0 Å². The summed E-state index contributed by atoms with van der Waals surface area (Å²) < 4.78 is 12.2. The van der Waals surface area contributed by atoms with Gasteiger partial charge in [-0.05, 0) is 70.4 Å². The van der Waals surface area contributed by atoms with E-state index in [9.17, 15) is 14.4 Å². The van der Waals surface area contributed by atoms with Crippen LogP contribution in [0.3, 0.4) is 0 Å². The molecule has 0 aliphatic carbocycles. The standard InChI is InChI=1S/C29H34ClN5O5/c1-6-39-27(37)24-22(17-32-33(24)5)19-11-13-20(14-12-19)26(36)35(25-23(30)10-7-15-31-25)21-9-8-16-34(18-21)28(38)40-29(2,3)4/h7,10-15,17,21H,6,8-9,16,18H2,1-5H3/t21-/m1/s1. The highest BCUT2D eigenvalue weighted by atomic mass is 35.5. The van der Waals surface area contributed by atoms with E-state index in [1.54, 1.807) is 72.6 Å². The van der Waals surface area contributed by atoms with Crippen LogP contribution in [0.4, 0.5) is 10.6 Å². The zero-order valence-corrected chi connectivity index (χ0v) is 24.1. The molecule has 0 spiro atoms. The number of carbonyl (C=O) groups is 3. The van der Waals surface area contributed by atoms with Crippen LogP contribution in [0.15, 0.2) is 48.8 Å². The van der Waals surface area contributed by atoms with Crippen LogP contribution in [0.1, 0.15) is 61.4 Å². The molecule has 10 nitrogen and oxygen atoms in total. The Bertz CT molecular complexity index is 1380. The Balaban J connectivity index is 1.64. The summed E-state index contributed by atoms with van der Waals surface area (Å²) in [5.41, 5.74) is 1.41. The van der Waals surface area contributed by atoms with E-state index in [-0.39, 0.29) is 25.1 Å². The first kappa shape index (κ1) is 29.1. The molecule has 0 N–H and O–H groups in total. The minimum atomic E-state index is -0.632. The number of anilines is 1. The number of likely N-dealkylation sites (tertiary alicyclic amines) is 1. The minimum absolute atomic E-state index is 0.245. The van der Waals surface area contributed by atoms with Crippen LogP contribution in [-0.2, 0) is 16.5 Å². The van der Waals surface area contributed by atoms with Gasteiger partial charge < -0.3 is 14.4 Å². The first-order chi connectivity index (χ1) is 19.0. The molecule has 1 atom stereocenters. The second kappa shape index (κ2) is 12.1. The molecule has 1 fully saturated rings. The maximum Gasteiger partial charge on any atom is 0.410 e. The maximum atomic E-state index is 14.0. The third kappa shape index (κ3) is 6.44. The van der Waals surface area contributed by atoms with Gasteiger partial charge in [0.2, 0.25) is 0 Å². The van der Waals surface area contributed by atoms with Crippen molar-refractivity contribution >= 4 is 35.4 Å². The number of benzene rings is 1. The number of amides is 2. The largest absolute Gasteiger partial charge is 0.461 e. The number of ether oxygens (including phenoxy) is 2. The zero-order valence-electron chi connectivity index (χ0n) is 23.4. The van der Waals surface area contributed by atoms with Crippen molar-refractivity contribution in [3.63, 3.8) is 0 Å². The molecule has 212 valence electrons. The van der Waals surface area contributed by atoms with Crippen LogP contribution in [-0.4, -0.2) is 69.0 Å². The van der Waals surface area contributed by atoms with Crippen LogP contribution in [0.25, 0.3) is 11.1 Å². The molecule has 1 aliphatic heterocycles. The van der Waals surface area contributed by atoms with Crippen molar-refractivity contribution in [2.24, 2.45) is 7.05 Å². The lowest BCUT2D eigenvalue weighted by Crippen LogP contribution is -2.53. The molecule has 4 rings (SSSR count). The normalized spacial score (nSPS) is 15.4. The van der Waals surface area contributed by atoms with Crippen molar-refractivity contribution < 1.29 is 23.9 Å². The predicted molar refractivity (Wildman–Crippen MR) is 151 cm³/mol. The summed E-state index contributed by atoms with van der Waals surface area (Å²) in [7, 11) is 1.67. The van der Waals surface area contributed by atoms with Crippen LogP contribution in [0.2, 0.25) is 5.02 Å². The lowest BCUT2D eigenvalue weighted by Gasteiger charge is -2.39. The molecule has 11 heteroatoms. The third-order valence-electron chi connectivity index (χ3n) is 6.45. The van der Waals surface area contributed by atoms with Gasteiger partial charge in [0.25, 0.3) is 5.91 Å². The molecule has 2 amide bonds. The molecular formula is C29H34ClN5O5. The van der Waals surface area contributed by atoms with Crippen molar-refractivity contribution in [2.75, 3.05) is 24.6 Å². The smallest absolute Gasteiger partial charge is 0.410 e. The van der Waals surface area contributed by atoms with E-state index in [0.717, 1.165) is 0 Å². The summed E-state index contributed by atoms with van der Waals surface area (Å²) in [6, 6.07) is 9.93. The number of nitrogens with zero attached hydrogens (tertiary/aromatic N) is 5. The quantitative estimate of drug-likeness (QED) is 0.369. The molecule has 1 aliphatic rings. The van der Waals surface area contributed by atoms with E-state index in [4.69, 9.17) is 21.1 Å². The van der Waals surface area contributed by atoms with Gasteiger partial charge >= 0.3 is 12.1 Å². The van der Waals surface area contributed by atoms with Gasteiger partial charge in [0.05, 0.1) is 23.9 Å². The Hall–Kier alpha value is -3.92. The van der Waals surface area contributed by atoms with Gasteiger partial charge in [-0.3, -0.25) is 14.4 Å². The molecule has 1 aromatic carbocycles. The number of hydrogen-bond donors (Lipinski definition) is 0. The predicted octanol–water partition coefficient (Wildman–Crippen LogP) is 5.36. The van der Waals surface area contributed by atoms with Crippen LogP contribution < -0.4 is 4.90 Å². The van der Waals surface area contributed by atoms with Gasteiger partial charge in [-0.25, -0.2) is 14.6 Å². The Morgan fingerprint density at radius 2 is 1.88 bits per heavy atom. The minimum Gasteiger partial charge on any atom is -0.461 e. The van der Waals surface area contributed by atoms with Gasteiger partial charge in [-0.2, -0.15) is 5.10 Å². The van der Waals surface area contributed by atoms with Gasteiger partial charge in [-0.1, -0.05) is 23.7 Å². The third-order valence-corrected chi connectivity index (χ3v) is 6.74. The Morgan fingerprint density at radius 1 is 1.15 bits per heavy atom. The lowest BCUT2D eigenvalue weighted by atomic mass is 10.0. The van der Waals surface area contributed by atoms with Gasteiger partial charge in [-0.15, -0.1) is 0 Å². The van der Waals surface area contributed by atoms with Gasteiger partial charge in [0.1, 0.15) is 5.60 Å². The molecule has 2 aromatic heterocycles. The number of pyridine rings is 1. The number of aromatic nitrogens is 3. The molecular weight excluding hydrogens is 534 g/mol. The molecule has 3 heterocycles. The molecule has 1 saturated heterocycles. The number of halogens is 1. The van der Waals surface area contributed by atoms with Crippen molar-refractivity contribution in [3.8, 4) is 11.1 Å². The summed E-state index contributed by atoms with van der Waals surface area (Å²) in [5.74, 6) is -0.452. The van der Waals surface area contributed by atoms with E-state index < -0.39 is 17.7 Å². The summed E-state index contributed by atoms with van der Waals surface area (Å²) >= 11 is 6.52. The molecule has 40 heavy (non-hydrogen) atoms. The lowest BCUT2D eigenvalue weighted by molar-refractivity contribution is 0.0195. The van der Waals surface area contributed by atoms with Crippen molar-refractivity contribution in [1.82, 2.24) is 19.7 Å². The topological polar surface area (TPSA) is 107 Å². The second-order valence-corrected chi connectivity index (χ2v) is 10.9. The number of piperidine rings is 1. The Kier molecular flexibility index (Phi) is 8.78. The number of aryl methyl sites for hydroxylation is 1. The van der Waals surface area contributed by atoms with E-state index in [1.165, 1.54) is 4.68 Å². The highest BCUT2D eigenvalue weighted by Crippen LogP contribution is 2.31. The van der Waals surface area contributed by atoms with Crippen LogP contribution >= 0.6 is 11.6 Å². The summed E-state index contributed by atoms with van der Waals surface area (Å²) in [6.45, 7) is 8.26. The molecule has 0 bridgehead atoms. The summed E-state index contributed by atoms with van der Waals surface area (Å²) in [4.78, 5) is 47.0. The van der Waals surface area contributed by atoms with Gasteiger partial charge in [0.15, 0.2) is 11.5 Å². The second-order valence-electron chi connectivity index (χ2n) is 10.5. The zero-order chi connectivity index (χ0) is 29.0. The monoisotopic (exact) mass is 567 g/mol. The first-order valence-electron chi connectivity index (χ1n) is 13.2. The van der Waals surface area contributed by atoms with E-state index in [0.29, 0.717) is 52.6 Å². The average Bonchev–Trinajstić information content (AvgIpc) is 3.30. The van der Waals surface area contributed by atoms with Crippen molar-refractivity contribution in [1.29, 1.82) is 0 Å². The molecule has 0 unspecified atom stereocenters. The Labute approximate surface area is 238 Å². The summed E-state index contributed by atoms with van der Waals surface area (Å²) in [6.07, 6.45) is 4.10. The fourth-order valence-electron chi connectivity index (χ4n) is 4.67. The Morgan fingerprint density at radius 3 is 2.52 bits per heavy atom. The summed E-state index contributed by atoms with van der Waals surface area (Å²) in [5, 5.41) is 4.54. The van der Waals surface area contributed by atoms with E-state index in [1.807, 2.05) is 20.8 Å². The fraction of sp³-hybridized carbons (Fsp3) is 0.414. The average molecular weight is 568 g/mol. The highest BCUT2D eigenvalue weighted by Gasteiger charge is 2.35. The first-order valence-corrected chi connectivity index (χ1v) is 13.6. The van der Waals surface area contributed by atoms with E-state index >= 15 is 0 Å². The number of rotatable bonds is 6. The van der Waals surface area contributed by atoms with Gasteiger partial charge in [0, 0.05) is 37.5 Å². The number of esters is 1. The van der Waals surface area contributed by atoms with Crippen LogP contribution in [0, 0.1) is 0 Å². The molecule has 0 radical (unpaired) electrons. The van der Waals surface area contributed by atoms with Crippen molar-refractivity contribution in [2.45, 2.75) is 52.2 Å². The number of hydrogen-bond acceptors (Lipinski definition) is 7. The highest BCUT2D eigenvalue weighted by molar-refractivity contribution is 6.33. The van der Waals surface area contributed by atoms with Crippen molar-refractivity contribution in [3.05, 3.63) is 65.1 Å². The maximum absolute atomic E-state index is 14.0. The molecule has 0 saturated carbocycles. The fourth-order valence-corrected chi connectivity index (χ4v) is 4.88. The SMILES string of the molecule is CCOC(=O)c1c(-c2ccc(C(=O)N(c3ncccc3Cl)[C@@H]3CCCN(C(=O)OC(C)(C)C)C3)cc2)cnn1C. The molecule has 3 aromatic rings.